The van der Waals surface area contributed by atoms with Crippen molar-refractivity contribution in [1.82, 2.24) is 15.0 Å². The van der Waals surface area contributed by atoms with E-state index in [1.807, 2.05) is 86.6 Å². The summed E-state index contributed by atoms with van der Waals surface area (Å²) >= 11 is 1.23. The first-order valence-electron chi connectivity index (χ1n) is 21.3. The lowest BCUT2D eigenvalue weighted by Gasteiger charge is -2.25. The van der Waals surface area contributed by atoms with E-state index in [9.17, 15) is 18.1 Å². The molecule has 7 aromatic rings. The Bertz CT molecular complexity index is 3010. The second kappa shape index (κ2) is 21.4. The lowest BCUT2D eigenvalue weighted by atomic mass is 10.1. The van der Waals surface area contributed by atoms with E-state index < -0.39 is 15.0 Å². The molecule has 6 aromatic carbocycles. The van der Waals surface area contributed by atoms with Crippen molar-refractivity contribution in [2.45, 2.75) is 37.7 Å². The van der Waals surface area contributed by atoms with Gasteiger partial charge >= 0.3 is 0 Å². The van der Waals surface area contributed by atoms with Gasteiger partial charge in [-0.2, -0.15) is 23.4 Å². The summed E-state index contributed by atoms with van der Waals surface area (Å²) in [6, 6.07) is 31.0. The molecule has 1 heterocycles. The highest BCUT2D eigenvalue weighted by molar-refractivity contribution is 7.99. The van der Waals surface area contributed by atoms with Crippen molar-refractivity contribution < 1.29 is 27.6 Å². The Morgan fingerprint density at radius 3 is 1.65 bits per heavy atom. The fourth-order valence-corrected chi connectivity index (χ4v) is 8.61. The molecule has 66 heavy (non-hydrogen) atoms. The number of hydrogen-bond acceptors (Lipinski definition) is 17. The van der Waals surface area contributed by atoms with Gasteiger partial charge in [0.15, 0.2) is 5.16 Å². The van der Waals surface area contributed by atoms with Crippen LogP contribution < -0.4 is 29.9 Å². The van der Waals surface area contributed by atoms with Crippen LogP contribution >= 0.6 is 11.8 Å². The Morgan fingerprint density at radius 1 is 0.621 bits per heavy atom. The third-order valence-corrected chi connectivity index (χ3v) is 12.4. The molecule has 0 aliphatic heterocycles. The second-order valence-electron chi connectivity index (χ2n) is 14.5. The number of anilines is 6. The van der Waals surface area contributed by atoms with Gasteiger partial charge in [-0.15, -0.1) is 20.5 Å². The number of methoxy groups -OCH3 is 2. The highest BCUT2D eigenvalue weighted by Crippen LogP contribution is 2.44. The minimum absolute atomic E-state index is 0.0420. The zero-order valence-electron chi connectivity index (χ0n) is 37.4. The van der Waals surface area contributed by atoms with E-state index in [4.69, 9.17) is 34.7 Å². The van der Waals surface area contributed by atoms with Crippen LogP contribution in [-0.4, -0.2) is 85.8 Å². The van der Waals surface area contributed by atoms with Gasteiger partial charge in [0.25, 0.3) is 10.1 Å². The summed E-state index contributed by atoms with van der Waals surface area (Å²) in [5.74, 6) is 1.65. The lowest BCUT2D eigenvalue weighted by molar-refractivity contribution is 0.322. The maximum atomic E-state index is 12.6. The number of aromatic nitrogens is 3. The zero-order chi connectivity index (χ0) is 46.8. The van der Waals surface area contributed by atoms with Crippen LogP contribution in [0, 0.1) is 0 Å². The molecule has 17 nitrogen and oxygen atoms in total. The maximum Gasteiger partial charge on any atom is 0.296 e. The number of aliphatic hydroxyl groups is 1. The number of aliphatic hydroxyl groups excluding tert-OH is 1. The van der Waals surface area contributed by atoms with Crippen LogP contribution in [0.1, 0.15) is 27.7 Å². The Hall–Kier alpha value is -6.93. The van der Waals surface area contributed by atoms with Gasteiger partial charge in [0, 0.05) is 54.8 Å². The highest BCUT2D eigenvalue weighted by atomic mass is 32.2. The molecule has 0 radical (unpaired) electrons. The van der Waals surface area contributed by atoms with Crippen LogP contribution in [-0.2, 0) is 10.1 Å². The summed E-state index contributed by atoms with van der Waals surface area (Å²) in [5.41, 5.74) is 3.81. The molecule has 0 saturated heterocycles. The monoisotopic (exact) mass is 929 g/mol. The van der Waals surface area contributed by atoms with E-state index in [0.29, 0.717) is 82.1 Å². The normalized spacial score (nSPS) is 11.8. The smallest absolute Gasteiger partial charge is 0.296 e. The van der Waals surface area contributed by atoms with Crippen molar-refractivity contribution >= 4 is 101 Å². The predicted octanol–water partition coefficient (Wildman–Crippen LogP) is 11.5. The van der Waals surface area contributed by atoms with E-state index in [2.05, 4.69) is 44.5 Å². The van der Waals surface area contributed by atoms with Crippen LogP contribution in [0.25, 0.3) is 21.5 Å². The van der Waals surface area contributed by atoms with Gasteiger partial charge in [-0.1, -0.05) is 78.5 Å². The molecule has 0 spiro atoms. The maximum absolute atomic E-state index is 12.6. The van der Waals surface area contributed by atoms with Crippen molar-refractivity contribution in [3.05, 3.63) is 103 Å². The van der Waals surface area contributed by atoms with Gasteiger partial charge in [-0.25, -0.2) is 0 Å². The number of fused-ring (bicyclic) bond motifs is 2. The van der Waals surface area contributed by atoms with E-state index in [-0.39, 0.29) is 29.9 Å². The Balaban J connectivity index is 1.36. The first kappa shape index (κ1) is 47.0. The average molecular weight is 930 g/mol. The first-order valence-corrected chi connectivity index (χ1v) is 23.7. The minimum atomic E-state index is -4.69. The summed E-state index contributed by atoms with van der Waals surface area (Å²) in [6.45, 7) is 10.8. The molecule has 0 amide bonds. The molecule has 0 unspecified atom stereocenters. The predicted molar refractivity (Wildman–Crippen MR) is 263 cm³/mol. The number of hydrogen-bond donors (Lipinski definition) is 4. The van der Waals surface area contributed by atoms with Gasteiger partial charge in [-0.05, 0) is 62.7 Å². The standard InChI is InChI=1S/C47H51N11O6S2/c1-7-57(8-2)39-26-35(37(28-41(39)63-5)54-53-34-21-15-18-30-16-11-13-19-32(30)34)48-45-50-46(52-47(51-45)65-25-24-59)49-36-27-40(58(9-3)10-4)42(64-6)29-38(36)55-56-44-33-20-14-12-17-31(33)22-23-43(44)66(60,61)62/h11-23,26-29,59H,7-10,24-25H2,1-6H3,(H,60,61,62)(H2,48,49,50,51,52). The number of nitrogens with one attached hydrogen (secondary N) is 2. The minimum Gasteiger partial charge on any atom is -0.494 e. The molecule has 0 aliphatic rings. The Labute approximate surface area is 387 Å². The number of ether oxygens (including phenoxy) is 2. The fraction of sp³-hybridized carbons (Fsp3) is 0.255. The van der Waals surface area contributed by atoms with Crippen LogP contribution in [0.4, 0.5) is 57.4 Å². The summed E-state index contributed by atoms with van der Waals surface area (Å²) in [7, 11) is -1.53. The molecule has 0 fully saturated rings. The molecule has 0 bridgehead atoms. The van der Waals surface area contributed by atoms with Crippen molar-refractivity contribution in [2.24, 2.45) is 20.5 Å². The Morgan fingerprint density at radius 2 is 1.12 bits per heavy atom. The fourth-order valence-electron chi connectivity index (χ4n) is 7.40. The zero-order valence-corrected chi connectivity index (χ0v) is 39.1. The SMILES string of the molecule is CCN(CC)c1cc(Nc2nc(Nc3cc(N(CC)CC)c(OC)cc3N=Nc3c(S(=O)(=O)O)ccc4ccccc34)nc(SCCO)n2)c(N=Nc2cccc3ccccc23)cc1OC. The van der Waals surface area contributed by atoms with Crippen LogP contribution in [0.3, 0.4) is 0 Å². The molecule has 342 valence electrons. The number of rotatable bonds is 20. The largest absolute Gasteiger partial charge is 0.494 e. The Kier molecular flexibility index (Phi) is 15.2. The summed E-state index contributed by atoms with van der Waals surface area (Å²) in [6.07, 6.45) is 0. The van der Waals surface area contributed by atoms with E-state index in [0.717, 1.165) is 22.1 Å². The average Bonchev–Trinajstić information content (AvgIpc) is 3.33. The highest BCUT2D eigenvalue weighted by Gasteiger charge is 2.22. The first-order chi connectivity index (χ1) is 32.0. The molecular formula is C47H51N11O6S2. The molecular weight excluding hydrogens is 879 g/mol. The van der Waals surface area contributed by atoms with Crippen molar-refractivity contribution in [3.8, 4) is 11.5 Å². The van der Waals surface area contributed by atoms with Gasteiger partial charge in [-0.3, -0.25) is 4.55 Å². The number of nitrogens with zero attached hydrogens (tertiary/aromatic N) is 9. The van der Waals surface area contributed by atoms with Gasteiger partial charge in [0.2, 0.25) is 11.9 Å². The summed E-state index contributed by atoms with van der Waals surface area (Å²) < 4.78 is 47.2. The number of azo groups is 2. The van der Waals surface area contributed by atoms with Gasteiger partial charge in [0.1, 0.15) is 33.5 Å². The van der Waals surface area contributed by atoms with E-state index in [1.165, 1.54) is 17.8 Å². The molecule has 0 atom stereocenters. The quantitative estimate of drug-likeness (QED) is 0.0318. The molecule has 7 rings (SSSR count). The summed E-state index contributed by atoms with van der Waals surface area (Å²) in [5, 5.41) is 38.5. The molecule has 0 saturated carbocycles. The van der Waals surface area contributed by atoms with Gasteiger partial charge in [0.05, 0.1) is 49.3 Å². The topological polar surface area (TPSA) is 212 Å². The van der Waals surface area contributed by atoms with Crippen molar-refractivity contribution in [1.29, 1.82) is 0 Å². The molecule has 19 heteroatoms. The molecule has 0 aliphatic carbocycles. The molecule has 4 N–H and O–H groups in total. The third kappa shape index (κ3) is 10.6. The van der Waals surface area contributed by atoms with E-state index >= 15 is 0 Å². The number of benzene rings is 6. The van der Waals surface area contributed by atoms with Crippen LogP contribution in [0.5, 0.6) is 11.5 Å². The van der Waals surface area contributed by atoms with Crippen molar-refractivity contribution in [3.63, 3.8) is 0 Å². The van der Waals surface area contributed by atoms with E-state index in [1.54, 1.807) is 38.5 Å². The number of thioether (sulfide) groups is 1. The summed E-state index contributed by atoms with van der Waals surface area (Å²) in [4.78, 5) is 18.1. The van der Waals surface area contributed by atoms with Crippen LogP contribution in [0.15, 0.2) is 134 Å². The van der Waals surface area contributed by atoms with Crippen molar-refractivity contribution in [2.75, 3.05) is 73.2 Å². The third-order valence-electron chi connectivity index (χ3n) is 10.7. The second-order valence-corrected chi connectivity index (χ2v) is 17.0. The van der Waals surface area contributed by atoms with Crippen LogP contribution in [0.2, 0.25) is 0 Å². The lowest BCUT2D eigenvalue weighted by Crippen LogP contribution is -2.22. The van der Waals surface area contributed by atoms with Gasteiger partial charge < -0.3 is 35.0 Å². The molecule has 1 aromatic heterocycles.